The van der Waals surface area contributed by atoms with Crippen LogP contribution in [-0.4, -0.2) is 0 Å². The molecule has 2 aromatic carbocycles. The SMILES string of the molecule is Cc1cccc(C(N)c2ccc(CC(C)C)cc2)c1. The van der Waals surface area contributed by atoms with Crippen LogP contribution >= 0.6 is 0 Å². The summed E-state index contributed by atoms with van der Waals surface area (Å²) in [4.78, 5) is 0. The summed E-state index contributed by atoms with van der Waals surface area (Å²) in [6, 6.07) is 17.1. The summed E-state index contributed by atoms with van der Waals surface area (Å²) < 4.78 is 0. The number of nitrogens with two attached hydrogens (primary N) is 1. The fourth-order valence-corrected chi connectivity index (χ4v) is 2.39. The van der Waals surface area contributed by atoms with Crippen molar-refractivity contribution in [3.63, 3.8) is 0 Å². The first-order valence-electron chi connectivity index (χ1n) is 6.97. The van der Waals surface area contributed by atoms with Crippen molar-refractivity contribution in [1.82, 2.24) is 0 Å². The Bertz CT molecular complexity index is 526. The van der Waals surface area contributed by atoms with Gasteiger partial charge in [-0.05, 0) is 36.0 Å². The van der Waals surface area contributed by atoms with Gasteiger partial charge in [-0.1, -0.05) is 67.9 Å². The van der Waals surface area contributed by atoms with Gasteiger partial charge in [-0.3, -0.25) is 0 Å². The zero-order valence-corrected chi connectivity index (χ0v) is 12.1. The summed E-state index contributed by atoms with van der Waals surface area (Å²) >= 11 is 0. The van der Waals surface area contributed by atoms with Gasteiger partial charge in [0.1, 0.15) is 0 Å². The van der Waals surface area contributed by atoms with E-state index in [2.05, 4.69) is 69.3 Å². The van der Waals surface area contributed by atoms with Gasteiger partial charge < -0.3 is 5.73 Å². The Kier molecular flexibility index (Phi) is 4.39. The van der Waals surface area contributed by atoms with Gasteiger partial charge in [0.05, 0.1) is 6.04 Å². The van der Waals surface area contributed by atoms with Crippen molar-refractivity contribution in [2.45, 2.75) is 33.2 Å². The van der Waals surface area contributed by atoms with Crippen molar-refractivity contribution >= 4 is 0 Å². The lowest BCUT2D eigenvalue weighted by Gasteiger charge is -2.14. The van der Waals surface area contributed by atoms with Gasteiger partial charge in [0, 0.05) is 0 Å². The third kappa shape index (κ3) is 3.68. The Balaban J connectivity index is 2.17. The first-order chi connectivity index (χ1) is 9.06. The van der Waals surface area contributed by atoms with E-state index in [0.29, 0.717) is 5.92 Å². The normalized spacial score (nSPS) is 12.7. The molecule has 0 aliphatic heterocycles. The molecule has 2 N–H and O–H groups in total. The zero-order valence-electron chi connectivity index (χ0n) is 12.1. The quantitative estimate of drug-likeness (QED) is 0.866. The second-order valence-electron chi connectivity index (χ2n) is 5.73. The number of aryl methyl sites for hydroxylation is 1. The number of rotatable bonds is 4. The number of hydrogen-bond acceptors (Lipinski definition) is 1. The standard InChI is InChI=1S/C18H23N/c1-13(2)11-15-7-9-16(10-8-15)18(19)17-6-4-5-14(3)12-17/h4-10,12-13,18H,11,19H2,1-3H3. The Labute approximate surface area is 116 Å². The molecule has 19 heavy (non-hydrogen) atoms. The third-order valence-corrected chi connectivity index (χ3v) is 3.38. The van der Waals surface area contributed by atoms with Crippen molar-refractivity contribution in [3.05, 3.63) is 70.8 Å². The first kappa shape index (κ1) is 13.8. The van der Waals surface area contributed by atoms with Crippen molar-refractivity contribution in [1.29, 1.82) is 0 Å². The lowest BCUT2D eigenvalue weighted by atomic mass is 9.95. The lowest BCUT2D eigenvalue weighted by molar-refractivity contribution is 0.647. The number of benzene rings is 2. The molecule has 2 aromatic rings. The minimum absolute atomic E-state index is 0.0343. The summed E-state index contributed by atoms with van der Waals surface area (Å²) in [5, 5.41) is 0. The van der Waals surface area contributed by atoms with Crippen LogP contribution in [0.3, 0.4) is 0 Å². The minimum atomic E-state index is -0.0343. The van der Waals surface area contributed by atoms with Crippen LogP contribution in [0.4, 0.5) is 0 Å². The van der Waals surface area contributed by atoms with Gasteiger partial charge in [-0.25, -0.2) is 0 Å². The molecule has 0 bridgehead atoms. The van der Waals surface area contributed by atoms with Gasteiger partial charge >= 0.3 is 0 Å². The van der Waals surface area contributed by atoms with E-state index in [9.17, 15) is 0 Å². The van der Waals surface area contributed by atoms with Crippen LogP contribution < -0.4 is 5.73 Å². The van der Waals surface area contributed by atoms with E-state index in [1.807, 2.05) is 0 Å². The topological polar surface area (TPSA) is 26.0 Å². The summed E-state index contributed by atoms with van der Waals surface area (Å²) in [7, 11) is 0. The van der Waals surface area contributed by atoms with E-state index in [1.165, 1.54) is 22.3 Å². The van der Waals surface area contributed by atoms with Gasteiger partial charge in [0.15, 0.2) is 0 Å². The van der Waals surface area contributed by atoms with Gasteiger partial charge in [0.25, 0.3) is 0 Å². The highest BCUT2D eigenvalue weighted by molar-refractivity contribution is 5.34. The molecule has 0 saturated heterocycles. The van der Waals surface area contributed by atoms with Crippen molar-refractivity contribution in [2.75, 3.05) is 0 Å². The van der Waals surface area contributed by atoms with Gasteiger partial charge in [-0.15, -0.1) is 0 Å². The van der Waals surface area contributed by atoms with E-state index in [4.69, 9.17) is 5.73 Å². The molecule has 1 nitrogen and oxygen atoms in total. The van der Waals surface area contributed by atoms with Gasteiger partial charge in [0.2, 0.25) is 0 Å². The van der Waals surface area contributed by atoms with Crippen LogP contribution in [0.15, 0.2) is 48.5 Å². The molecule has 0 aliphatic rings. The molecule has 0 aromatic heterocycles. The molecule has 0 aliphatic carbocycles. The molecular weight excluding hydrogens is 230 g/mol. The largest absolute Gasteiger partial charge is 0.320 e. The predicted molar refractivity (Wildman–Crippen MR) is 82.2 cm³/mol. The zero-order chi connectivity index (χ0) is 13.8. The average molecular weight is 253 g/mol. The van der Waals surface area contributed by atoms with E-state index < -0.39 is 0 Å². The molecule has 0 fully saturated rings. The fraction of sp³-hybridized carbons (Fsp3) is 0.333. The lowest BCUT2D eigenvalue weighted by Crippen LogP contribution is -2.12. The maximum atomic E-state index is 6.34. The van der Waals surface area contributed by atoms with Crippen LogP contribution in [0.5, 0.6) is 0 Å². The third-order valence-electron chi connectivity index (χ3n) is 3.38. The molecule has 0 amide bonds. The average Bonchev–Trinajstić information content (AvgIpc) is 2.38. The highest BCUT2D eigenvalue weighted by atomic mass is 14.6. The Morgan fingerprint density at radius 3 is 2.21 bits per heavy atom. The van der Waals surface area contributed by atoms with Crippen LogP contribution in [0.1, 0.15) is 42.1 Å². The van der Waals surface area contributed by atoms with Crippen LogP contribution in [0.2, 0.25) is 0 Å². The predicted octanol–water partition coefficient (Wildman–Crippen LogP) is 4.24. The smallest absolute Gasteiger partial charge is 0.0551 e. The van der Waals surface area contributed by atoms with Crippen LogP contribution in [-0.2, 0) is 6.42 Å². The van der Waals surface area contributed by atoms with E-state index in [1.54, 1.807) is 0 Å². The van der Waals surface area contributed by atoms with Gasteiger partial charge in [-0.2, -0.15) is 0 Å². The van der Waals surface area contributed by atoms with Crippen molar-refractivity contribution in [3.8, 4) is 0 Å². The first-order valence-corrected chi connectivity index (χ1v) is 6.97. The minimum Gasteiger partial charge on any atom is -0.320 e. The molecule has 2 rings (SSSR count). The molecular formula is C18H23N. The summed E-state index contributed by atoms with van der Waals surface area (Å²) in [6.07, 6.45) is 1.12. The Morgan fingerprint density at radius 2 is 1.63 bits per heavy atom. The maximum Gasteiger partial charge on any atom is 0.0551 e. The molecule has 0 saturated carbocycles. The molecule has 1 atom stereocenters. The van der Waals surface area contributed by atoms with E-state index >= 15 is 0 Å². The highest BCUT2D eigenvalue weighted by Gasteiger charge is 2.09. The molecule has 100 valence electrons. The number of hydrogen-bond donors (Lipinski definition) is 1. The Hall–Kier alpha value is -1.60. The van der Waals surface area contributed by atoms with Crippen LogP contribution in [0.25, 0.3) is 0 Å². The molecule has 0 heterocycles. The highest BCUT2D eigenvalue weighted by Crippen LogP contribution is 2.21. The monoisotopic (exact) mass is 253 g/mol. The van der Waals surface area contributed by atoms with Crippen LogP contribution in [0, 0.1) is 12.8 Å². The second-order valence-corrected chi connectivity index (χ2v) is 5.73. The summed E-state index contributed by atoms with van der Waals surface area (Å²) in [5.41, 5.74) is 11.3. The van der Waals surface area contributed by atoms with E-state index in [-0.39, 0.29) is 6.04 Å². The summed E-state index contributed by atoms with van der Waals surface area (Å²) in [5.74, 6) is 0.691. The second kappa shape index (κ2) is 6.03. The Morgan fingerprint density at radius 1 is 0.947 bits per heavy atom. The molecule has 1 unspecified atom stereocenters. The molecule has 0 spiro atoms. The van der Waals surface area contributed by atoms with Crippen molar-refractivity contribution in [2.24, 2.45) is 11.7 Å². The van der Waals surface area contributed by atoms with Crippen molar-refractivity contribution < 1.29 is 0 Å². The maximum absolute atomic E-state index is 6.34. The molecule has 0 radical (unpaired) electrons. The molecule has 1 heteroatoms. The summed E-state index contributed by atoms with van der Waals surface area (Å²) in [6.45, 7) is 6.58. The fourth-order valence-electron chi connectivity index (χ4n) is 2.39. The van der Waals surface area contributed by atoms with E-state index in [0.717, 1.165) is 6.42 Å².